The Labute approximate surface area is 153 Å². The average molecular weight is 371 g/mol. The summed E-state index contributed by atoms with van der Waals surface area (Å²) in [6.07, 6.45) is -1.08. The van der Waals surface area contributed by atoms with Gasteiger partial charge < -0.3 is 19.7 Å². The lowest BCUT2D eigenvalue weighted by molar-refractivity contribution is -0.165. The van der Waals surface area contributed by atoms with Gasteiger partial charge in [0.05, 0.1) is 20.1 Å². The minimum absolute atomic E-state index is 0. The van der Waals surface area contributed by atoms with E-state index in [0.29, 0.717) is 6.61 Å². The minimum Gasteiger partial charge on any atom is -0.479 e. The van der Waals surface area contributed by atoms with Crippen molar-refractivity contribution in [1.29, 1.82) is 0 Å². The predicted octanol–water partition coefficient (Wildman–Crippen LogP) is 2.18. The maximum atomic E-state index is 11.2. The SMILES string of the molecule is COC(=O)CC(O)(CC#CC(C)(C)OCc1ccccc1)C(=O)O.Cl. The van der Waals surface area contributed by atoms with Gasteiger partial charge in [0.25, 0.3) is 0 Å². The third-order valence-electron chi connectivity index (χ3n) is 3.28. The van der Waals surface area contributed by atoms with Gasteiger partial charge in [0.2, 0.25) is 0 Å². The fourth-order valence-electron chi connectivity index (χ4n) is 1.80. The van der Waals surface area contributed by atoms with Crippen LogP contribution in [0.15, 0.2) is 30.3 Å². The topological polar surface area (TPSA) is 93.1 Å². The lowest BCUT2D eigenvalue weighted by Crippen LogP contribution is -2.40. The van der Waals surface area contributed by atoms with Gasteiger partial charge in [0.1, 0.15) is 5.60 Å². The molecule has 0 aromatic heterocycles. The molecule has 0 spiro atoms. The van der Waals surface area contributed by atoms with E-state index in [1.54, 1.807) is 13.8 Å². The number of aliphatic hydroxyl groups is 1. The highest BCUT2D eigenvalue weighted by Crippen LogP contribution is 2.17. The largest absolute Gasteiger partial charge is 0.479 e. The third kappa shape index (κ3) is 8.03. The Morgan fingerprint density at radius 2 is 1.80 bits per heavy atom. The van der Waals surface area contributed by atoms with Gasteiger partial charge in [-0.05, 0) is 19.4 Å². The molecular formula is C18H23ClO6. The highest BCUT2D eigenvalue weighted by atomic mass is 35.5. The van der Waals surface area contributed by atoms with Crippen molar-refractivity contribution in [3.05, 3.63) is 35.9 Å². The van der Waals surface area contributed by atoms with E-state index in [9.17, 15) is 14.7 Å². The first-order valence-corrected chi connectivity index (χ1v) is 7.39. The minimum atomic E-state index is -2.28. The number of methoxy groups -OCH3 is 1. The number of benzene rings is 1. The van der Waals surface area contributed by atoms with Crippen molar-refractivity contribution in [2.24, 2.45) is 0 Å². The Hall–Kier alpha value is -2.07. The van der Waals surface area contributed by atoms with Crippen molar-refractivity contribution in [3.63, 3.8) is 0 Å². The maximum absolute atomic E-state index is 11.2. The molecule has 0 saturated heterocycles. The van der Waals surface area contributed by atoms with Crippen LogP contribution in [0.4, 0.5) is 0 Å². The molecule has 1 rings (SSSR count). The molecule has 25 heavy (non-hydrogen) atoms. The summed E-state index contributed by atoms with van der Waals surface area (Å²) >= 11 is 0. The molecule has 6 nitrogen and oxygen atoms in total. The van der Waals surface area contributed by atoms with Gasteiger partial charge in [-0.1, -0.05) is 42.2 Å². The van der Waals surface area contributed by atoms with E-state index in [4.69, 9.17) is 9.84 Å². The average Bonchev–Trinajstić information content (AvgIpc) is 2.53. The summed E-state index contributed by atoms with van der Waals surface area (Å²) in [6, 6.07) is 9.54. The molecule has 1 unspecified atom stereocenters. The lowest BCUT2D eigenvalue weighted by atomic mass is 9.95. The van der Waals surface area contributed by atoms with Crippen LogP contribution in [0.2, 0.25) is 0 Å². The molecule has 0 bridgehead atoms. The highest BCUT2D eigenvalue weighted by Gasteiger charge is 2.38. The number of esters is 1. The number of carbonyl (C=O) groups excluding carboxylic acids is 1. The van der Waals surface area contributed by atoms with E-state index in [1.165, 1.54) is 0 Å². The Balaban J connectivity index is 0.00000576. The van der Waals surface area contributed by atoms with E-state index < -0.39 is 36.0 Å². The molecule has 138 valence electrons. The molecule has 0 saturated carbocycles. The van der Waals surface area contributed by atoms with Gasteiger partial charge in [0, 0.05) is 6.42 Å². The van der Waals surface area contributed by atoms with E-state index in [-0.39, 0.29) is 12.4 Å². The first-order chi connectivity index (χ1) is 11.2. The van der Waals surface area contributed by atoms with Gasteiger partial charge >= 0.3 is 11.9 Å². The summed E-state index contributed by atoms with van der Waals surface area (Å²) in [5.74, 6) is 3.04. The molecular weight excluding hydrogens is 348 g/mol. The van der Waals surface area contributed by atoms with Crippen LogP contribution in [0.5, 0.6) is 0 Å². The van der Waals surface area contributed by atoms with Crippen molar-refractivity contribution in [1.82, 2.24) is 0 Å². The number of carboxylic acids is 1. The van der Waals surface area contributed by atoms with E-state index in [2.05, 4.69) is 16.6 Å². The predicted molar refractivity (Wildman–Crippen MR) is 94.2 cm³/mol. The number of aliphatic carboxylic acids is 1. The molecule has 0 amide bonds. The lowest BCUT2D eigenvalue weighted by Gasteiger charge is -2.21. The number of halogens is 1. The van der Waals surface area contributed by atoms with Crippen LogP contribution in [0, 0.1) is 11.8 Å². The summed E-state index contributed by atoms with van der Waals surface area (Å²) in [7, 11) is 1.12. The zero-order valence-corrected chi connectivity index (χ0v) is 15.3. The molecule has 0 aliphatic carbocycles. The Morgan fingerprint density at radius 3 is 2.32 bits per heavy atom. The summed E-state index contributed by atoms with van der Waals surface area (Å²) in [4.78, 5) is 22.4. The number of hydrogen-bond acceptors (Lipinski definition) is 5. The second kappa shape index (κ2) is 10.0. The second-order valence-electron chi connectivity index (χ2n) is 5.85. The molecule has 2 N–H and O–H groups in total. The van der Waals surface area contributed by atoms with Crippen molar-refractivity contribution in [2.45, 2.75) is 44.5 Å². The first kappa shape index (κ1) is 22.9. The summed E-state index contributed by atoms with van der Waals surface area (Å²) in [5, 5.41) is 19.2. The number of hydrogen-bond donors (Lipinski definition) is 2. The molecule has 0 aliphatic heterocycles. The molecule has 0 radical (unpaired) electrons. The van der Waals surface area contributed by atoms with Crippen LogP contribution in [-0.2, 0) is 25.7 Å². The highest BCUT2D eigenvalue weighted by molar-refractivity contribution is 5.85. The first-order valence-electron chi connectivity index (χ1n) is 7.39. The molecule has 0 aliphatic rings. The van der Waals surface area contributed by atoms with Crippen LogP contribution in [0.1, 0.15) is 32.3 Å². The van der Waals surface area contributed by atoms with Crippen LogP contribution in [-0.4, -0.2) is 40.5 Å². The molecule has 1 aromatic rings. The summed E-state index contributed by atoms with van der Waals surface area (Å²) in [6.45, 7) is 3.83. The van der Waals surface area contributed by atoms with Crippen molar-refractivity contribution in [2.75, 3.05) is 7.11 Å². The monoisotopic (exact) mass is 370 g/mol. The zero-order valence-electron chi connectivity index (χ0n) is 14.4. The zero-order chi connectivity index (χ0) is 18.2. The number of rotatable bonds is 7. The maximum Gasteiger partial charge on any atom is 0.337 e. The van der Waals surface area contributed by atoms with Gasteiger partial charge in [-0.15, -0.1) is 12.4 Å². The fraction of sp³-hybridized carbons (Fsp3) is 0.444. The smallest absolute Gasteiger partial charge is 0.337 e. The Bertz CT molecular complexity index is 632. The Morgan fingerprint density at radius 1 is 1.20 bits per heavy atom. The summed E-state index contributed by atoms with van der Waals surface area (Å²) in [5.41, 5.74) is -2.13. The normalized spacial score (nSPS) is 12.8. The van der Waals surface area contributed by atoms with Crippen molar-refractivity contribution < 1.29 is 29.3 Å². The number of ether oxygens (including phenoxy) is 2. The van der Waals surface area contributed by atoms with E-state index >= 15 is 0 Å². The van der Waals surface area contributed by atoms with Crippen molar-refractivity contribution in [3.8, 4) is 11.8 Å². The number of carboxylic acid groups (broad SMARTS) is 1. The number of carbonyl (C=O) groups is 2. The third-order valence-corrected chi connectivity index (χ3v) is 3.28. The van der Waals surface area contributed by atoms with Gasteiger partial charge in [-0.3, -0.25) is 4.79 Å². The quantitative estimate of drug-likeness (QED) is 0.564. The van der Waals surface area contributed by atoms with E-state index in [0.717, 1.165) is 12.7 Å². The molecule has 7 heteroatoms. The van der Waals surface area contributed by atoms with Crippen LogP contribution < -0.4 is 0 Å². The Kier molecular flexibility index (Phi) is 9.21. The standard InChI is InChI=1S/C18H22O6.ClH/c1-17(2,24-13-14-8-5-4-6-9-14)10-7-11-18(22,16(20)21)12-15(19)23-3;/h4-6,8-9,22H,11-13H2,1-3H3,(H,20,21);1H. The van der Waals surface area contributed by atoms with Gasteiger partial charge in [0.15, 0.2) is 5.60 Å². The van der Waals surface area contributed by atoms with Crippen LogP contribution in [0.25, 0.3) is 0 Å². The van der Waals surface area contributed by atoms with Crippen LogP contribution >= 0.6 is 12.4 Å². The van der Waals surface area contributed by atoms with Gasteiger partial charge in [-0.25, -0.2) is 4.79 Å². The molecule has 0 fully saturated rings. The molecule has 1 aromatic carbocycles. The second-order valence-corrected chi connectivity index (χ2v) is 5.85. The molecule has 0 heterocycles. The summed E-state index contributed by atoms with van der Waals surface area (Å²) < 4.78 is 10.1. The van der Waals surface area contributed by atoms with Gasteiger partial charge in [-0.2, -0.15) is 0 Å². The van der Waals surface area contributed by atoms with Crippen molar-refractivity contribution >= 4 is 24.3 Å². The molecule has 1 atom stereocenters. The van der Waals surface area contributed by atoms with Crippen LogP contribution in [0.3, 0.4) is 0 Å². The van der Waals surface area contributed by atoms with E-state index in [1.807, 2.05) is 30.3 Å². The fourth-order valence-corrected chi connectivity index (χ4v) is 1.80.